The predicted molar refractivity (Wildman–Crippen MR) is 143 cm³/mol. The molecule has 0 saturated carbocycles. The molecule has 0 bridgehead atoms. The maximum atomic E-state index is 13.2. The van der Waals surface area contributed by atoms with Crippen molar-refractivity contribution >= 4 is 57.8 Å². The molecule has 0 radical (unpaired) electrons. The first-order valence-electron chi connectivity index (χ1n) is 11.5. The lowest BCUT2D eigenvalue weighted by molar-refractivity contribution is -0.134. The lowest BCUT2D eigenvalue weighted by Crippen LogP contribution is -2.39. The number of carbonyl (C=O) groups excluding carboxylic acids is 2. The van der Waals surface area contributed by atoms with Gasteiger partial charge in [0.25, 0.3) is 5.91 Å². The van der Waals surface area contributed by atoms with Crippen LogP contribution in [-0.4, -0.2) is 58.8 Å². The number of carbonyl (C=O) groups is 2. The van der Waals surface area contributed by atoms with Crippen molar-refractivity contribution in [2.24, 2.45) is 0 Å². The van der Waals surface area contributed by atoms with Gasteiger partial charge in [0.1, 0.15) is 10.1 Å². The highest BCUT2D eigenvalue weighted by Crippen LogP contribution is 2.33. The van der Waals surface area contributed by atoms with Crippen LogP contribution in [0.3, 0.4) is 0 Å². The Labute approximate surface area is 220 Å². The first-order valence-corrected chi connectivity index (χ1v) is 13.1. The van der Waals surface area contributed by atoms with Gasteiger partial charge in [-0.2, -0.15) is 0 Å². The highest BCUT2D eigenvalue weighted by Gasteiger charge is 2.33. The highest BCUT2D eigenvalue weighted by atomic mass is 35.5. The molecule has 2 aliphatic rings. The van der Waals surface area contributed by atoms with E-state index in [1.165, 1.54) is 16.7 Å². The third kappa shape index (κ3) is 6.85. The summed E-state index contributed by atoms with van der Waals surface area (Å²) < 4.78 is 11.4. The topological polar surface area (TPSA) is 59.1 Å². The van der Waals surface area contributed by atoms with E-state index in [9.17, 15) is 9.59 Å². The Morgan fingerprint density at radius 2 is 2.00 bits per heavy atom. The molecule has 0 aromatic heterocycles. The molecular formula is C26H27ClN2O4S2. The number of thiocarbonyl (C=S) groups is 1. The van der Waals surface area contributed by atoms with E-state index in [1.54, 1.807) is 7.11 Å². The van der Waals surface area contributed by atoms with E-state index in [0.717, 1.165) is 36.3 Å². The quantitative estimate of drug-likeness (QED) is 0.330. The van der Waals surface area contributed by atoms with Gasteiger partial charge in [0.05, 0.1) is 18.1 Å². The maximum Gasteiger partial charge on any atom is 0.266 e. The fraction of sp³-hybridized carbons (Fsp3) is 0.346. The summed E-state index contributed by atoms with van der Waals surface area (Å²) in [6, 6.07) is 14.9. The van der Waals surface area contributed by atoms with Crippen molar-refractivity contribution in [2.45, 2.75) is 31.9 Å². The van der Waals surface area contributed by atoms with Crippen LogP contribution in [0.5, 0.6) is 5.75 Å². The average Bonchev–Trinajstić information content (AvgIpc) is 3.46. The van der Waals surface area contributed by atoms with Gasteiger partial charge in [-0.1, -0.05) is 59.8 Å². The molecule has 1 atom stereocenters. The second kappa shape index (κ2) is 12.0. The summed E-state index contributed by atoms with van der Waals surface area (Å²) in [7, 11) is 1.61. The summed E-state index contributed by atoms with van der Waals surface area (Å²) in [5, 5.41) is 0.655. The number of amides is 2. The molecule has 0 aliphatic carbocycles. The normalized spacial score (nSPS) is 19.0. The zero-order chi connectivity index (χ0) is 24.8. The minimum Gasteiger partial charge on any atom is -0.497 e. The Kier molecular flexibility index (Phi) is 8.83. The van der Waals surface area contributed by atoms with Crippen LogP contribution in [0.4, 0.5) is 0 Å². The van der Waals surface area contributed by atoms with Crippen LogP contribution in [-0.2, 0) is 20.9 Å². The number of nitrogens with zero attached hydrogens (tertiary/aromatic N) is 2. The minimum atomic E-state index is -0.174. The molecule has 2 aromatic carbocycles. The number of hydrogen-bond acceptors (Lipinski definition) is 6. The van der Waals surface area contributed by atoms with Crippen LogP contribution in [0.2, 0.25) is 5.02 Å². The lowest BCUT2D eigenvalue weighted by atomic mass is 10.1. The lowest BCUT2D eigenvalue weighted by Gasteiger charge is -2.26. The molecule has 0 spiro atoms. The maximum absolute atomic E-state index is 13.2. The summed E-state index contributed by atoms with van der Waals surface area (Å²) in [6.45, 7) is 1.96. The van der Waals surface area contributed by atoms with Gasteiger partial charge in [-0.3, -0.25) is 14.5 Å². The largest absolute Gasteiger partial charge is 0.497 e. The molecule has 35 heavy (non-hydrogen) atoms. The summed E-state index contributed by atoms with van der Waals surface area (Å²) in [4.78, 5) is 30.1. The van der Waals surface area contributed by atoms with E-state index in [-0.39, 0.29) is 30.9 Å². The molecule has 1 unspecified atom stereocenters. The van der Waals surface area contributed by atoms with Gasteiger partial charge in [-0.25, -0.2) is 0 Å². The molecule has 2 aromatic rings. The SMILES string of the molecule is COc1ccc(/C=C2\SC(=S)N(CCC(=O)N(Cc3ccc(Cl)cc3)CC3CCCO3)C2=O)cc1. The monoisotopic (exact) mass is 530 g/mol. The fourth-order valence-electron chi connectivity index (χ4n) is 4.01. The Hall–Kier alpha value is -2.39. The van der Waals surface area contributed by atoms with Crippen molar-refractivity contribution in [1.29, 1.82) is 0 Å². The zero-order valence-corrected chi connectivity index (χ0v) is 21.8. The van der Waals surface area contributed by atoms with Gasteiger partial charge in [0.2, 0.25) is 5.91 Å². The standard InChI is InChI=1S/C26H27ClN2O4S2/c1-32-21-10-6-18(7-11-21)15-23-25(31)29(26(34)35-23)13-12-24(30)28(17-22-3-2-14-33-22)16-19-4-8-20(27)9-5-19/h4-11,15,22H,2-3,12-14,16-17H2,1H3/b23-15-. The Balaban J connectivity index is 1.40. The van der Waals surface area contributed by atoms with Crippen molar-refractivity contribution in [2.75, 3.05) is 26.8 Å². The molecule has 0 N–H and O–H groups in total. The van der Waals surface area contributed by atoms with Crippen LogP contribution in [0, 0.1) is 0 Å². The van der Waals surface area contributed by atoms with E-state index < -0.39 is 0 Å². The number of benzene rings is 2. The summed E-state index contributed by atoms with van der Waals surface area (Å²) >= 11 is 12.7. The smallest absolute Gasteiger partial charge is 0.266 e. The molecule has 9 heteroatoms. The van der Waals surface area contributed by atoms with Crippen molar-refractivity contribution in [3.63, 3.8) is 0 Å². The van der Waals surface area contributed by atoms with Gasteiger partial charge in [0.15, 0.2) is 0 Å². The number of halogens is 1. The van der Waals surface area contributed by atoms with Gasteiger partial charge in [0, 0.05) is 37.7 Å². The van der Waals surface area contributed by atoms with Gasteiger partial charge in [-0.05, 0) is 54.3 Å². The van der Waals surface area contributed by atoms with Gasteiger partial charge >= 0.3 is 0 Å². The van der Waals surface area contributed by atoms with E-state index in [1.807, 2.05) is 59.5 Å². The number of rotatable bonds is 9. The summed E-state index contributed by atoms with van der Waals surface area (Å²) in [5.74, 6) is 0.537. The molecule has 2 amide bonds. The Bertz CT molecular complexity index is 1100. The third-order valence-corrected chi connectivity index (χ3v) is 7.55. The predicted octanol–water partition coefficient (Wildman–Crippen LogP) is 5.15. The molecule has 2 heterocycles. The molecule has 2 saturated heterocycles. The Morgan fingerprint density at radius 3 is 2.66 bits per heavy atom. The summed E-state index contributed by atoms with van der Waals surface area (Å²) in [5.41, 5.74) is 1.88. The van der Waals surface area contributed by atoms with Crippen molar-refractivity contribution in [1.82, 2.24) is 9.80 Å². The number of thioether (sulfide) groups is 1. The van der Waals surface area contributed by atoms with E-state index in [0.29, 0.717) is 27.3 Å². The van der Waals surface area contributed by atoms with Crippen LogP contribution in [0.1, 0.15) is 30.4 Å². The van der Waals surface area contributed by atoms with Crippen molar-refractivity contribution in [3.8, 4) is 5.75 Å². The molecule has 2 fully saturated rings. The first-order chi connectivity index (χ1) is 16.9. The van der Waals surface area contributed by atoms with E-state index >= 15 is 0 Å². The third-order valence-electron chi connectivity index (χ3n) is 5.92. The van der Waals surface area contributed by atoms with Crippen LogP contribution in [0.15, 0.2) is 53.4 Å². The van der Waals surface area contributed by atoms with Crippen LogP contribution >= 0.6 is 35.6 Å². The Morgan fingerprint density at radius 1 is 1.26 bits per heavy atom. The second-order valence-electron chi connectivity index (χ2n) is 8.39. The number of hydrogen-bond donors (Lipinski definition) is 0. The molecule has 4 rings (SSSR count). The highest BCUT2D eigenvalue weighted by molar-refractivity contribution is 8.26. The van der Waals surface area contributed by atoms with Crippen LogP contribution in [0.25, 0.3) is 6.08 Å². The van der Waals surface area contributed by atoms with Crippen molar-refractivity contribution in [3.05, 3.63) is 69.6 Å². The molecule has 184 valence electrons. The number of ether oxygens (including phenoxy) is 2. The first kappa shape index (κ1) is 25.7. The van der Waals surface area contributed by atoms with Crippen molar-refractivity contribution < 1.29 is 19.1 Å². The van der Waals surface area contributed by atoms with Crippen LogP contribution < -0.4 is 4.74 Å². The second-order valence-corrected chi connectivity index (χ2v) is 10.5. The van der Waals surface area contributed by atoms with Gasteiger partial charge in [-0.15, -0.1) is 0 Å². The zero-order valence-electron chi connectivity index (χ0n) is 19.4. The van der Waals surface area contributed by atoms with Gasteiger partial charge < -0.3 is 14.4 Å². The summed E-state index contributed by atoms with van der Waals surface area (Å²) in [6.07, 6.45) is 3.98. The fourth-order valence-corrected chi connectivity index (χ4v) is 5.44. The minimum absolute atomic E-state index is 0.0373. The molecule has 6 nitrogen and oxygen atoms in total. The molecule has 2 aliphatic heterocycles. The number of methoxy groups -OCH3 is 1. The molecular weight excluding hydrogens is 504 g/mol. The van der Waals surface area contributed by atoms with E-state index in [2.05, 4.69) is 0 Å². The van der Waals surface area contributed by atoms with E-state index in [4.69, 9.17) is 33.3 Å². The average molecular weight is 531 g/mol.